The number of aryl methyl sites for hydroxylation is 1. The monoisotopic (exact) mass is 268 g/mol. The summed E-state index contributed by atoms with van der Waals surface area (Å²) in [7, 11) is -2.55. The topological polar surface area (TPSA) is 37.3 Å². The number of hydrogen-bond donors (Lipinski definition) is 1. The van der Waals surface area contributed by atoms with E-state index in [0.29, 0.717) is 5.30 Å². The zero-order valence-electron chi connectivity index (χ0n) is 11.3. The van der Waals surface area contributed by atoms with Crippen molar-refractivity contribution in [1.82, 2.24) is 0 Å². The molecule has 0 amide bonds. The molecule has 0 saturated heterocycles. The minimum atomic E-state index is -2.55. The van der Waals surface area contributed by atoms with Gasteiger partial charge < -0.3 is 4.89 Å². The highest BCUT2D eigenvalue weighted by molar-refractivity contribution is 7.47. The maximum absolute atomic E-state index is 11.2. The van der Waals surface area contributed by atoms with Crippen molar-refractivity contribution in [2.24, 2.45) is 0 Å². The Kier molecular flexibility index (Phi) is 8.04. The summed E-state index contributed by atoms with van der Waals surface area (Å²) in [4.78, 5) is 9.25. The van der Waals surface area contributed by atoms with E-state index in [1.54, 1.807) is 6.07 Å². The molecule has 0 bridgehead atoms. The molecule has 1 N–H and O–H groups in total. The third-order valence-corrected chi connectivity index (χ3v) is 4.25. The molecule has 0 aromatic heterocycles. The average molecular weight is 268 g/mol. The van der Waals surface area contributed by atoms with Crippen LogP contribution < -0.4 is 5.30 Å². The Balaban J connectivity index is 2.25. The first kappa shape index (κ1) is 15.5. The first-order valence-electron chi connectivity index (χ1n) is 7.07. The van der Waals surface area contributed by atoms with Gasteiger partial charge in [0.25, 0.3) is 0 Å². The molecule has 0 aliphatic carbocycles. The van der Waals surface area contributed by atoms with E-state index in [4.69, 9.17) is 0 Å². The van der Waals surface area contributed by atoms with E-state index in [-0.39, 0.29) is 0 Å². The predicted molar refractivity (Wildman–Crippen MR) is 79.0 cm³/mol. The molecule has 0 fully saturated rings. The Bertz CT molecular complexity index is 363. The van der Waals surface area contributed by atoms with E-state index in [9.17, 15) is 9.46 Å². The highest BCUT2D eigenvalue weighted by Gasteiger charge is 2.05. The van der Waals surface area contributed by atoms with Crippen LogP contribution in [0.1, 0.15) is 57.4 Å². The first-order chi connectivity index (χ1) is 8.75. The van der Waals surface area contributed by atoms with Crippen LogP contribution in [0.5, 0.6) is 0 Å². The van der Waals surface area contributed by atoms with Gasteiger partial charge in [0, 0.05) is 5.30 Å². The summed E-state index contributed by atoms with van der Waals surface area (Å²) < 4.78 is 11.2. The van der Waals surface area contributed by atoms with Crippen molar-refractivity contribution < 1.29 is 9.46 Å². The maximum atomic E-state index is 11.2. The van der Waals surface area contributed by atoms with Gasteiger partial charge in [-0.3, -0.25) is 4.57 Å². The summed E-state index contributed by atoms with van der Waals surface area (Å²) >= 11 is 0. The molecule has 1 rings (SSSR count). The second kappa shape index (κ2) is 9.35. The van der Waals surface area contributed by atoms with E-state index in [2.05, 4.69) is 6.92 Å². The molecular weight excluding hydrogens is 243 g/mol. The van der Waals surface area contributed by atoms with E-state index in [1.807, 2.05) is 18.2 Å². The van der Waals surface area contributed by atoms with Gasteiger partial charge in [-0.25, -0.2) is 0 Å². The van der Waals surface area contributed by atoms with Crippen molar-refractivity contribution >= 4 is 13.3 Å². The summed E-state index contributed by atoms with van der Waals surface area (Å²) in [6.07, 6.45) is 9.87. The van der Waals surface area contributed by atoms with Gasteiger partial charge in [0.05, 0.1) is 0 Å². The molecule has 0 aliphatic rings. The van der Waals surface area contributed by atoms with E-state index >= 15 is 0 Å². The molecule has 1 unspecified atom stereocenters. The van der Waals surface area contributed by atoms with Crippen molar-refractivity contribution in [2.45, 2.75) is 58.3 Å². The fourth-order valence-corrected chi connectivity index (χ4v) is 2.94. The summed E-state index contributed by atoms with van der Waals surface area (Å²) in [5.41, 5.74) is 1.05. The average Bonchev–Trinajstić information content (AvgIpc) is 2.38. The molecule has 1 aromatic rings. The van der Waals surface area contributed by atoms with Gasteiger partial charge in [0.2, 0.25) is 8.03 Å². The molecular formula is C15H25O2P. The number of benzene rings is 1. The highest BCUT2D eigenvalue weighted by Crippen LogP contribution is 2.18. The minimum absolute atomic E-state index is 0.647. The van der Waals surface area contributed by atoms with Crippen LogP contribution in [-0.4, -0.2) is 4.89 Å². The summed E-state index contributed by atoms with van der Waals surface area (Å²) in [6.45, 7) is 2.23. The highest BCUT2D eigenvalue weighted by atomic mass is 31.1. The third-order valence-electron chi connectivity index (χ3n) is 3.30. The standard InChI is InChI=1S/C15H25O2P/c1-2-3-4-5-6-7-8-11-14-12-9-10-13-15(14)18(16)17/h9-10,12-13,18H,2-8,11H2,1H3,(H,16,17). The van der Waals surface area contributed by atoms with Crippen LogP contribution in [0.2, 0.25) is 0 Å². The Morgan fingerprint density at radius 2 is 1.61 bits per heavy atom. The lowest BCUT2D eigenvalue weighted by Crippen LogP contribution is -2.04. The van der Waals surface area contributed by atoms with Crippen molar-refractivity contribution in [1.29, 1.82) is 0 Å². The lowest BCUT2D eigenvalue weighted by molar-refractivity contribution is 0.513. The first-order valence-corrected chi connectivity index (χ1v) is 8.42. The Hall–Kier alpha value is -0.590. The lowest BCUT2D eigenvalue weighted by Gasteiger charge is -2.06. The molecule has 102 valence electrons. The van der Waals surface area contributed by atoms with E-state index < -0.39 is 8.03 Å². The SMILES string of the molecule is CCCCCCCCCc1ccccc1[PH](=O)O. The number of hydrogen-bond acceptors (Lipinski definition) is 1. The van der Waals surface area contributed by atoms with Crippen LogP contribution in [0.4, 0.5) is 0 Å². The van der Waals surface area contributed by atoms with Gasteiger partial charge in [-0.05, 0) is 24.5 Å². The van der Waals surface area contributed by atoms with Gasteiger partial charge in [-0.15, -0.1) is 0 Å². The molecule has 18 heavy (non-hydrogen) atoms. The molecule has 0 radical (unpaired) electrons. The summed E-state index contributed by atoms with van der Waals surface area (Å²) in [5.74, 6) is 0. The maximum Gasteiger partial charge on any atom is 0.218 e. The molecule has 0 heterocycles. The van der Waals surface area contributed by atoms with Crippen LogP contribution in [0.3, 0.4) is 0 Å². The summed E-state index contributed by atoms with van der Waals surface area (Å²) in [6, 6.07) is 7.54. The summed E-state index contributed by atoms with van der Waals surface area (Å²) in [5, 5.41) is 0.647. The fourth-order valence-electron chi connectivity index (χ4n) is 2.22. The van der Waals surface area contributed by atoms with Gasteiger partial charge in [0.1, 0.15) is 0 Å². The molecule has 2 nitrogen and oxygen atoms in total. The van der Waals surface area contributed by atoms with Crippen molar-refractivity contribution in [2.75, 3.05) is 0 Å². The normalized spacial score (nSPS) is 12.6. The van der Waals surface area contributed by atoms with Crippen molar-refractivity contribution in [3.63, 3.8) is 0 Å². The molecule has 1 atom stereocenters. The van der Waals surface area contributed by atoms with Gasteiger partial charge >= 0.3 is 0 Å². The predicted octanol–water partition coefficient (Wildman–Crippen LogP) is 4.07. The van der Waals surface area contributed by atoms with E-state index in [0.717, 1.165) is 18.4 Å². The second-order valence-electron chi connectivity index (χ2n) is 4.83. The minimum Gasteiger partial charge on any atom is -0.343 e. The molecule has 3 heteroatoms. The molecule has 1 aromatic carbocycles. The largest absolute Gasteiger partial charge is 0.343 e. The zero-order valence-corrected chi connectivity index (χ0v) is 12.3. The zero-order chi connectivity index (χ0) is 13.2. The van der Waals surface area contributed by atoms with Crippen LogP contribution in [0.15, 0.2) is 24.3 Å². The Morgan fingerprint density at radius 3 is 2.28 bits per heavy atom. The van der Waals surface area contributed by atoms with Gasteiger partial charge in [-0.2, -0.15) is 0 Å². The lowest BCUT2D eigenvalue weighted by atomic mass is 10.0. The van der Waals surface area contributed by atoms with Crippen LogP contribution in [0, 0.1) is 0 Å². The molecule has 0 spiro atoms. The van der Waals surface area contributed by atoms with Crippen LogP contribution >= 0.6 is 8.03 Å². The quantitative estimate of drug-likeness (QED) is 0.541. The number of unbranched alkanes of at least 4 members (excludes halogenated alkanes) is 6. The second-order valence-corrected chi connectivity index (χ2v) is 5.98. The van der Waals surface area contributed by atoms with Crippen LogP contribution in [-0.2, 0) is 11.0 Å². The van der Waals surface area contributed by atoms with Crippen molar-refractivity contribution in [3.8, 4) is 0 Å². The fraction of sp³-hybridized carbons (Fsp3) is 0.600. The smallest absolute Gasteiger partial charge is 0.218 e. The van der Waals surface area contributed by atoms with E-state index in [1.165, 1.54) is 38.5 Å². The van der Waals surface area contributed by atoms with Crippen molar-refractivity contribution in [3.05, 3.63) is 29.8 Å². The van der Waals surface area contributed by atoms with Gasteiger partial charge in [0.15, 0.2) is 0 Å². The van der Waals surface area contributed by atoms with Crippen LogP contribution in [0.25, 0.3) is 0 Å². The van der Waals surface area contributed by atoms with Gasteiger partial charge in [-0.1, -0.05) is 63.6 Å². The third kappa shape index (κ3) is 5.84. The Morgan fingerprint density at radius 1 is 1.00 bits per heavy atom. The molecule has 0 aliphatic heterocycles. The Labute approximate surface area is 111 Å². The molecule has 0 saturated carbocycles. The number of rotatable bonds is 9.